The highest BCUT2D eigenvalue weighted by Gasteiger charge is 2.42. The van der Waals surface area contributed by atoms with Gasteiger partial charge in [0, 0.05) is 25.6 Å². The highest BCUT2D eigenvalue weighted by Crippen LogP contribution is 2.32. The number of carbonyl (C=O) groups excluding carboxylic acids is 2. The van der Waals surface area contributed by atoms with Gasteiger partial charge in [0.1, 0.15) is 0 Å². The molecule has 1 saturated carbocycles. The van der Waals surface area contributed by atoms with E-state index in [2.05, 4.69) is 6.92 Å². The van der Waals surface area contributed by atoms with Gasteiger partial charge < -0.3 is 19.6 Å². The van der Waals surface area contributed by atoms with Crippen LogP contribution in [0.1, 0.15) is 45.4 Å². The Morgan fingerprint density at radius 1 is 1.24 bits per heavy atom. The second-order valence-corrected chi connectivity index (χ2v) is 7.72. The molecule has 3 aliphatic rings. The predicted octanol–water partition coefficient (Wildman–Crippen LogP) is 1.12. The zero-order valence-corrected chi connectivity index (χ0v) is 14.9. The molecule has 2 heterocycles. The first-order valence-corrected chi connectivity index (χ1v) is 9.35. The molecule has 2 unspecified atom stereocenters. The van der Waals surface area contributed by atoms with Gasteiger partial charge in [-0.3, -0.25) is 14.4 Å². The molecule has 2 atom stereocenters. The molecular formula is C18H28N2O5. The highest BCUT2D eigenvalue weighted by atomic mass is 16.5. The van der Waals surface area contributed by atoms with Crippen LogP contribution in [0.25, 0.3) is 0 Å². The highest BCUT2D eigenvalue weighted by molar-refractivity contribution is 5.89. The molecule has 2 saturated heterocycles. The van der Waals surface area contributed by atoms with Crippen LogP contribution in [0, 0.1) is 11.8 Å². The third-order valence-corrected chi connectivity index (χ3v) is 5.85. The number of hydrogen-bond acceptors (Lipinski definition) is 4. The van der Waals surface area contributed by atoms with Gasteiger partial charge in [0.25, 0.3) is 0 Å². The van der Waals surface area contributed by atoms with E-state index in [9.17, 15) is 14.4 Å². The summed E-state index contributed by atoms with van der Waals surface area (Å²) < 4.78 is 5.34. The number of likely N-dealkylation sites (tertiary alicyclic amines) is 1. The van der Waals surface area contributed by atoms with Crippen molar-refractivity contribution in [2.75, 3.05) is 26.3 Å². The smallest absolute Gasteiger partial charge is 0.305 e. The summed E-state index contributed by atoms with van der Waals surface area (Å²) in [5, 5.41) is 9.05. The first-order chi connectivity index (χ1) is 12.0. The quantitative estimate of drug-likeness (QED) is 0.819. The maximum atomic E-state index is 12.9. The van der Waals surface area contributed by atoms with Gasteiger partial charge in [-0.05, 0) is 31.6 Å². The third kappa shape index (κ3) is 4.14. The molecule has 140 valence electrons. The lowest BCUT2D eigenvalue weighted by Crippen LogP contribution is -2.52. The van der Waals surface area contributed by atoms with Gasteiger partial charge >= 0.3 is 5.97 Å². The Balaban J connectivity index is 1.62. The number of ether oxygens (including phenoxy) is 1. The van der Waals surface area contributed by atoms with Gasteiger partial charge in [0.2, 0.25) is 11.8 Å². The molecule has 2 amide bonds. The monoisotopic (exact) mass is 352 g/mol. The number of aliphatic carboxylic acids is 1. The fraction of sp³-hybridized carbons (Fsp3) is 0.833. The van der Waals surface area contributed by atoms with Crippen molar-refractivity contribution in [3.63, 3.8) is 0 Å². The second kappa shape index (κ2) is 7.72. The number of nitrogens with zero attached hydrogens (tertiary/aromatic N) is 2. The molecule has 25 heavy (non-hydrogen) atoms. The van der Waals surface area contributed by atoms with Crippen LogP contribution in [0.2, 0.25) is 0 Å². The fourth-order valence-corrected chi connectivity index (χ4v) is 4.35. The molecular weight excluding hydrogens is 324 g/mol. The standard InChI is InChI=1S/C18H28N2O5/c1-12-2-4-14(5-3-12)20-10-13(8-16(20)21)18(24)19-6-7-25-11-15(19)9-17(22)23/h12-15H,2-11H2,1H3,(H,22,23). The van der Waals surface area contributed by atoms with E-state index in [0.29, 0.717) is 19.7 Å². The maximum Gasteiger partial charge on any atom is 0.305 e. The minimum Gasteiger partial charge on any atom is -0.481 e. The van der Waals surface area contributed by atoms with Crippen molar-refractivity contribution in [2.24, 2.45) is 11.8 Å². The summed E-state index contributed by atoms with van der Waals surface area (Å²) in [4.78, 5) is 39.9. The largest absolute Gasteiger partial charge is 0.481 e. The van der Waals surface area contributed by atoms with Crippen LogP contribution in [0.3, 0.4) is 0 Å². The normalized spacial score (nSPS) is 33.6. The lowest BCUT2D eigenvalue weighted by Gasteiger charge is -2.37. The number of rotatable bonds is 4. The van der Waals surface area contributed by atoms with Crippen molar-refractivity contribution in [3.05, 3.63) is 0 Å². The van der Waals surface area contributed by atoms with Crippen LogP contribution in [-0.4, -0.2) is 71.1 Å². The van der Waals surface area contributed by atoms with Crippen LogP contribution in [0.15, 0.2) is 0 Å². The van der Waals surface area contributed by atoms with E-state index in [-0.39, 0.29) is 43.2 Å². The Kier molecular flexibility index (Phi) is 5.61. The minimum atomic E-state index is -0.936. The molecule has 1 N–H and O–H groups in total. The Morgan fingerprint density at radius 2 is 1.96 bits per heavy atom. The van der Waals surface area contributed by atoms with Crippen molar-refractivity contribution in [1.82, 2.24) is 9.80 Å². The van der Waals surface area contributed by atoms with Gasteiger partial charge in [0.15, 0.2) is 0 Å². The van der Waals surface area contributed by atoms with Gasteiger partial charge in [-0.2, -0.15) is 0 Å². The molecule has 3 fully saturated rings. The van der Waals surface area contributed by atoms with Crippen LogP contribution in [0.5, 0.6) is 0 Å². The van der Waals surface area contributed by atoms with E-state index in [1.165, 1.54) is 0 Å². The Labute approximate surface area is 148 Å². The van der Waals surface area contributed by atoms with E-state index in [4.69, 9.17) is 9.84 Å². The van der Waals surface area contributed by atoms with E-state index in [1.807, 2.05) is 4.90 Å². The Morgan fingerprint density at radius 3 is 2.64 bits per heavy atom. The number of carbonyl (C=O) groups is 3. The first-order valence-electron chi connectivity index (χ1n) is 9.35. The van der Waals surface area contributed by atoms with E-state index in [1.54, 1.807) is 4.90 Å². The molecule has 0 aromatic rings. The van der Waals surface area contributed by atoms with Crippen molar-refractivity contribution >= 4 is 17.8 Å². The predicted molar refractivity (Wildman–Crippen MR) is 89.8 cm³/mol. The number of carboxylic acids is 1. The lowest BCUT2D eigenvalue weighted by atomic mass is 9.86. The molecule has 0 bridgehead atoms. The van der Waals surface area contributed by atoms with Crippen LogP contribution in [-0.2, 0) is 19.1 Å². The summed E-state index contributed by atoms with van der Waals surface area (Å²) in [6, 6.07) is -0.167. The van der Waals surface area contributed by atoms with Crippen molar-refractivity contribution in [1.29, 1.82) is 0 Å². The summed E-state index contributed by atoms with van der Waals surface area (Å²) in [6.45, 7) is 3.81. The summed E-state index contributed by atoms with van der Waals surface area (Å²) in [6.07, 6.45) is 4.45. The summed E-state index contributed by atoms with van der Waals surface area (Å²) in [5.74, 6) is -0.581. The number of amides is 2. The molecule has 7 heteroatoms. The zero-order valence-electron chi connectivity index (χ0n) is 14.9. The molecule has 0 radical (unpaired) electrons. The molecule has 0 aromatic heterocycles. The van der Waals surface area contributed by atoms with E-state index >= 15 is 0 Å². The fourth-order valence-electron chi connectivity index (χ4n) is 4.35. The average Bonchev–Trinajstić information content (AvgIpc) is 2.97. The van der Waals surface area contributed by atoms with Gasteiger partial charge in [-0.15, -0.1) is 0 Å². The van der Waals surface area contributed by atoms with Crippen molar-refractivity contribution in [2.45, 2.75) is 57.5 Å². The van der Waals surface area contributed by atoms with Crippen molar-refractivity contribution in [3.8, 4) is 0 Å². The van der Waals surface area contributed by atoms with Gasteiger partial charge in [0.05, 0.1) is 31.6 Å². The summed E-state index contributed by atoms with van der Waals surface area (Å²) in [7, 11) is 0. The molecule has 0 spiro atoms. The molecule has 0 aromatic carbocycles. The topological polar surface area (TPSA) is 87.2 Å². The van der Waals surface area contributed by atoms with Crippen LogP contribution in [0.4, 0.5) is 0 Å². The molecule has 7 nitrogen and oxygen atoms in total. The number of carboxylic acid groups (broad SMARTS) is 1. The summed E-state index contributed by atoms with van der Waals surface area (Å²) in [5.41, 5.74) is 0. The van der Waals surface area contributed by atoms with Crippen molar-refractivity contribution < 1.29 is 24.2 Å². The Bertz CT molecular complexity index is 530. The van der Waals surface area contributed by atoms with E-state index < -0.39 is 12.0 Å². The molecule has 2 aliphatic heterocycles. The number of hydrogen-bond donors (Lipinski definition) is 1. The zero-order chi connectivity index (χ0) is 18.0. The van der Waals surface area contributed by atoms with E-state index in [0.717, 1.165) is 31.6 Å². The van der Waals surface area contributed by atoms with Gasteiger partial charge in [-0.1, -0.05) is 6.92 Å². The second-order valence-electron chi connectivity index (χ2n) is 7.72. The maximum absolute atomic E-state index is 12.9. The van der Waals surface area contributed by atoms with Crippen LogP contribution >= 0.6 is 0 Å². The first kappa shape index (κ1) is 18.2. The third-order valence-electron chi connectivity index (χ3n) is 5.85. The molecule has 3 rings (SSSR count). The summed E-state index contributed by atoms with van der Waals surface area (Å²) >= 11 is 0. The molecule has 1 aliphatic carbocycles. The van der Waals surface area contributed by atoms with Crippen LogP contribution < -0.4 is 0 Å². The van der Waals surface area contributed by atoms with Gasteiger partial charge in [-0.25, -0.2) is 0 Å². The number of morpholine rings is 1. The Hall–Kier alpha value is -1.63. The lowest BCUT2D eigenvalue weighted by molar-refractivity contribution is -0.149. The average molecular weight is 352 g/mol. The minimum absolute atomic E-state index is 0.0703. The SMILES string of the molecule is CC1CCC(N2CC(C(=O)N3CCOCC3CC(=O)O)CC2=O)CC1.